The molecule has 0 bridgehead atoms. The first-order chi connectivity index (χ1) is 7.77. The minimum absolute atomic E-state index is 0.0360. The molecule has 1 heterocycles. The van der Waals surface area contributed by atoms with E-state index in [0.717, 1.165) is 30.6 Å². The highest BCUT2D eigenvalue weighted by Crippen LogP contribution is 2.40. The Morgan fingerprint density at radius 2 is 2.56 bits per heavy atom. The minimum atomic E-state index is -0.254. The van der Waals surface area contributed by atoms with E-state index in [4.69, 9.17) is 9.47 Å². The van der Waals surface area contributed by atoms with Gasteiger partial charge in [-0.05, 0) is 18.9 Å². The molecule has 0 fully saturated rings. The second-order valence-electron chi connectivity index (χ2n) is 4.01. The fourth-order valence-electron chi connectivity index (χ4n) is 2.27. The highest BCUT2D eigenvalue weighted by atomic mass is 16.5. The van der Waals surface area contributed by atoms with Gasteiger partial charge in [0, 0.05) is 12.3 Å². The first-order valence-electron chi connectivity index (χ1n) is 5.53. The van der Waals surface area contributed by atoms with Crippen LogP contribution in [0.25, 0.3) is 0 Å². The summed E-state index contributed by atoms with van der Waals surface area (Å²) in [6.07, 6.45) is 8.36. The quantitative estimate of drug-likeness (QED) is 0.539. The molecule has 1 aliphatic carbocycles. The summed E-state index contributed by atoms with van der Waals surface area (Å²) in [5, 5.41) is 0. The van der Waals surface area contributed by atoms with Crippen LogP contribution in [0.5, 0.6) is 0 Å². The van der Waals surface area contributed by atoms with E-state index in [-0.39, 0.29) is 18.0 Å². The van der Waals surface area contributed by atoms with Crippen LogP contribution in [-0.4, -0.2) is 19.2 Å². The van der Waals surface area contributed by atoms with Crippen molar-refractivity contribution in [3.8, 4) is 0 Å². The molecule has 0 aromatic heterocycles. The maximum Gasteiger partial charge on any atom is 0.337 e. The summed E-state index contributed by atoms with van der Waals surface area (Å²) >= 11 is 0. The number of carbonyl (C=O) groups excluding carboxylic acids is 1. The molecular formula is C13H16O3. The first-order valence-corrected chi connectivity index (χ1v) is 5.53. The van der Waals surface area contributed by atoms with Gasteiger partial charge < -0.3 is 9.47 Å². The van der Waals surface area contributed by atoms with Gasteiger partial charge in [0.1, 0.15) is 11.9 Å². The molecule has 1 aliphatic heterocycles. The average Bonchev–Trinajstić information content (AvgIpc) is 2.84. The van der Waals surface area contributed by atoms with Crippen molar-refractivity contribution in [2.75, 3.05) is 7.11 Å². The van der Waals surface area contributed by atoms with Gasteiger partial charge in [-0.2, -0.15) is 0 Å². The summed E-state index contributed by atoms with van der Waals surface area (Å²) < 4.78 is 10.6. The second-order valence-corrected chi connectivity index (χ2v) is 4.01. The van der Waals surface area contributed by atoms with E-state index in [0.29, 0.717) is 0 Å². The van der Waals surface area contributed by atoms with Gasteiger partial charge in [0.05, 0.1) is 12.7 Å². The van der Waals surface area contributed by atoms with Gasteiger partial charge in [-0.1, -0.05) is 12.2 Å². The van der Waals surface area contributed by atoms with E-state index < -0.39 is 0 Å². The Morgan fingerprint density at radius 3 is 3.25 bits per heavy atom. The van der Waals surface area contributed by atoms with Crippen LogP contribution in [0.2, 0.25) is 0 Å². The van der Waals surface area contributed by atoms with Crippen LogP contribution < -0.4 is 0 Å². The van der Waals surface area contributed by atoms with E-state index in [2.05, 4.69) is 12.7 Å². The van der Waals surface area contributed by atoms with Gasteiger partial charge in [0.15, 0.2) is 0 Å². The third-order valence-electron chi connectivity index (χ3n) is 3.04. The zero-order chi connectivity index (χ0) is 11.5. The highest BCUT2D eigenvalue weighted by Gasteiger charge is 2.40. The monoisotopic (exact) mass is 220 g/mol. The maximum absolute atomic E-state index is 11.7. The second kappa shape index (κ2) is 4.56. The Labute approximate surface area is 95.4 Å². The molecule has 0 radical (unpaired) electrons. The lowest BCUT2D eigenvalue weighted by Gasteiger charge is -2.09. The van der Waals surface area contributed by atoms with Crippen molar-refractivity contribution in [3.63, 3.8) is 0 Å². The molecular weight excluding hydrogens is 204 g/mol. The van der Waals surface area contributed by atoms with Gasteiger partial charge in [0.2, 0.25) is 0 Å². The lowest BCUT2D eigenvalue weighted by molar-refractivity contribution is -0.136. The topological polar surface area (TPSA) is 35.5 Å². The number of hydrogen-bond donors (Lipinski definition) is 0. The smallest absolute Gasteiger partial charge is 0.337 e. The van der Waals surface area contributed by atoms with Gasteiger partial charge in [-0.15, -0.1) is 6.58 Å². The minimum Gasteiger partial charge on any atom is -0.489 e. The molecule has 0 saturated heterocycles. The maximum atomic E-state index is 11.7. The molecule has 3 nitrogen and oxygen atoms in total. The van der Waals surface area contributed by atoms with Gasteiger partial charge in [-0.25, -0.2) is 4.79 Å². The summed E-state index contributed by atoms with van der Waals surface area (Å²) in [7, 11) is 1.41. The predicted octanol–water partition coefficient (Wildman–Crippen LogP) is 2.35. The number of methoxy groups -OCH3 is 1. The van der Waals surface area contributed by atoms with Gasteiger partial charge >= 0.3 is 5.97 Å². The molecule has 0 N–H and O–H groups in total. The van der Waals surface area contributed by atoms with E-state index >= 15 is 0 Å². The first kappa shape index (κ1) is 11.0. The molecule has 0 spiro atoms. The summed E-state index contributed by atoms with van der Waals surface area (Å²) in [5.74, 6) is 0.689. The molecule has 86 valence electrons. The van der Waals surface area contributed by atoms with Crippen LogP contribution >= 0.6 is 0 Å². The number of allylic oxidation sites excluding steroid dienone is 3. The van der Waals surface area contributed by atoms with Crippen LogP contribution in [0.4, 0.5) is 0 Å². The van der Waals surface area contributed by atoms with E-state index in [1.54, 1.807) is 0 Å². The number of esters is 1. The van der Waals surface area contributed by atoms with Crippen LogP contribution in [0, 0.1) is 5.92 Å². The number of fused-ring (bicyclic) bond motifs is 1. The SMILES string of the molecule is C=CCCC1=C(C(=O)OC)[C@@H]2CC=C[C@@H]2O1. The molecule has 2 atom stereocenters. The third-order valence-corrected chi connectivity index (χ3v) is 3.04. The number of carbonyl (C=O) groups is 1. The lowest BCUT2D eigenvalue weighted by atomic mass is 9.95. The normalized spacial score (nSPS) is 26.6. The predicted molar refractivity (Wildman–Crippen MR) is 60.6 cm³/mol. The summed E-state index contributed by atoms with van der Waals surface area (Å²) in [6.45, 7) is 3.68. The van der Waals surface area contributed by atoms with E-state index in [9.17, 15) is 4.79 Å². The lowest BCUT2D eigenvalue weighted by Crippen LogP contribution is -2.16. The fraction of sp³-hybridized carbons (Fsp3) is 0.462. The van der Waals surface area contributed by atoms with Crippen molar-refractivity contribution in [1.29, 1.82) is 0 Å². The Balaban J connectivity index is 2.20. The molecule has 0 unspecified atom stereocenters. The third kappa shape index (κ3) is 1.77. The zero-order valence-corrected chi connectivity index (χ0v) is 9.44. The van der Waals surface area contributed by atoms with Crippen molar-refractivity contribution < 1.29 is 14.3 Å². The zero-order valence-electron chi connectivity index (χ0n) is 9.44. The molecule has 0 aromatic rings. The van der Waals surface area contributed by atoms with E-state index in [1.807, 2.05) is 12.2 Å². The molecule has 2 rings (SSSR count). The molecule has 0 amide bonds. The van der Waals surface area contributed by atoms with Gasteiger partial charge in [-0.3, -0.25) is 0 Å². The van der Waals surface area contributed by atoms with Crippen molar-refractivity contribution in [1.82, 2.24) is 0 Å². The van der Waals surface area contributed by atoms with Crippen molar-refractivity contribution >= 4 is 5.97 Å². The molecule has 16 heavy (non-hydrogen) atoms. The molecule has 3 heteroatoms. The van der Waals surface area contributed by atoms with E-state index in [1.165, 1.54) is 7.11 Å². The van der Waals surface area contributed by atoms with Gasteiger partial charge in [0.25, 0.3) is 0 Å². The molecule has 2 aliphatic rings. The standard InChI is InChI=1S/C13H16O3/c1-3-4-7-11-12(13(14)15-2)9-6-5-8-10(9)16-11/h3,5,8-10H,1,4,6-7H2,2H3/t9-,10+/m1/s1. The Kier molecular flexibility index (Phi) is 3.13. The van der Waals surface area contributed by atoms with Crippen molar-refractivity contribution in [3.05, 3.63) is 36.1 Å². The van der Waals surface area contributed by atoms with Crippen LogP contribution in [0.15, 0.2) is 36.1 Å². The summed E-state index contributed by atoms with van der Waals surface area (Å²) in [4.78, 5) is 11.7. The number of hydrogen-bond acceptors (Lipinski definition) is 3. The molecule has 0 aromatic carbocycles. The number of ether oxygens (including phenoxy) is 2. The Hall–Kier alpha value is -1.51. The van der Waals surface area contributed by atoms with Crippen LogP contribution in [-0.2, 0) is 14.3 Å². The Morgan fingerprint density at radius 1 is 1.75 bits per heavy atom. The largest absolute Gasteiger partial charge is 0.489 e. The van der Waals surface area contributed by atoms with Crippen molar-refractivity contribution in [2.45, 2.75) is 25.4 Å². The fourth-order valence-corrected chi connectivity index (χ4v) is 2.27. The average molecular weight is 220 g/mol. The summed E-state index contributed by atoms with van der Waals surface area (Å²) in [5.41, 5.74) is 0.722. The number of rotatable bonds is 4. The highest BCUT2D eigenvalue weighted by molar-refractivity contribution is 5.90. The van der Waals surface area contributed by atoms with Crippen LogP contribution in [0.1, 0.15) is 19.3 Å². The Bertz CT molecular complexity index is 365. The van der Waals surface area contributed by atoms with Crippen molar-refractivity contribution in [2.24, 2.45) is 5.92 Å². The van der Waals surface area contributed by atoms with Crippen LogP contribution in [0.3, 0.4) is 0 Å². The molecule has 0 saturated carbocycles. The summed E-state index contributed by atoms with van der Waals surface area (Å²) in [6, 6.07) is 0.